The molecule has 2 aromatic rings. The molecule has 0 radical (unpaired) electrons. The van der Waals surface area contributed by atoms with Crippen LogP contribution in [-0.2, 0) is 13.1 Å². The summed E-state index contributed by atoms with van der Waals surface area (Å²) in [7, 11) is 3.67. The average Bonchev–Trinajstić information content (AvgIpc) is 2.66. The number of carbonyl (C=O) groups is 1. The number of nitrogens with zero attached hydrogens (tertiary/aromatic N) is 2. The van der Waals surface area contributed by atoms with Gasteiger partial charge in [0, 0.05) is 32.7 Å². The molecule has 0 fully saturated rings. The number of aryl methyl sites for hydroxylation is 1. The summed E-state index contributed by atoms with van der Waals surface area (Å²) >= 11 is 0. The maximum atomic E-state index is 11.8. The molecule has 0 aliphatic rings. The first-order valence-corrected chi connectivity index (χ1v) is 8.89. The lowest BCUT2D eigenvalue weighted by atomic mass is 10.1. The Kier molecular flexibility index (Phi) is 9.85. The van der Waals surface area contributed by atoms with Crippen LogP contribution in [0.4, 0.5) is 0 Å². The van der Waals surface area contributed by atoms with E-state index in [0.717, 1.165) is 24.6 Å². The molecule has 0 heterocycles. The van der Waals surface area contributed by atoms with E-state index in [4.69, 9.17) is 4.99 Å². The molecule has 146 valence electrons. The number of aliphatic imine (C=N–C) groups is 1. The van der Waals surface area contributed by atoms with Crippen LogP contribution in [0.3, 0.4) is 0 Å². The van der Waals surface area contributed by atoms with E-state index in [1.807, 2.05) is 25.2 Å². The highest BCUT2D eigenvalue weighted by Gasteiger charge is 2.07. The summed E-state index contributed by atoms with van der Waals surface area (Å²) in [5.41, 5.74) is 4.15. The summed E-state index contributed by atoms with van der Waals surface area (Å²) in [6.07, 6.45) is 0. The van der Waals surface area contributed by atoms with E-state index in [-0.39, 0.29) is 29.9 Å². The average molecular weight is 480 g/mol. The van der Waals surface area contributed by atoms with Crippen molar-refractivity contribution in [3.05, 3.63) is 70.8 Å². The molecule has 2 N–H and O–H groups in total. The van der Waals surface area contributed by atoms with Gasteiger partial charge in [0.25, 0.3) is 5.91 Å². The Morgan fingerprint density at radius 2 is 1.81 bits per heavy atom. The maximum Gasteiger partial charge on any atom is 0.251 e. The molecule has 2 rings (SSSR count). The molecule has 1 amide bonds. The molecule has 0 bridgehead atoms. The third-order valence-electron chi connectivity index (χ3n) is 4.06. The summed E-state index contributed by atoms with van der Waals surface area (Å²) in [5, 5.41) is 5.98. The molecule has 0 aromatic heterocycles. The number of hydrogen-bond acceptors (Lipinski definition) is 2. The number of rotatable bonds is 6. The number of carbonyl (C=O) groups excluding carboxylic acids is 1. The second kappa shape index (κ2) is 11.6. The van der Waals surface area contributed by atoms with Gasteiger partial charge in [-0.3, -0.25) is 4.79 Å². The Hall–Kier alpha value is -2.09. The van der Waals surface area contributed by atoms with Crippen molar-refractivity contribution in [1.29, 1.82) is 0 Å². The van der Waals surface area contributed by atoms with Crippen molar-refractivity contribution in [3.8, 4) is 0 Å². The van der Waals surface area contributed by atoms with Crippen LogP contribution in [0, 0.1) is 6.92 Å². The lowest BCUT2D eigenvalue weighted by Crippen LogP contribution is -2.38. The lowest BCUT2D eigenvalue weighted by Gasteiger charge is -2.22. The third kappa shape index (κ3) is 7.21. The van der Waals surface area contributed by atoms with Crippen LogP contribution in [0.1, 0.15) is 34.0 Å². The zero-order valence-electron chi connectivity index (χ0n) is 16.5. The van der Waals surface area contributed by atoms with E-state index in [0.29, 0.717) is 12.1 Å². The molecule has 0 aliphatic carbocycles. The molecule has 5 nitrogen and oxygen atoms in total. The van der Waals surface area contributed by atoms with Crippen molar-refractivity contribution in [1.82, 2.24) is 15.5 Å². The Labute approximate surface area is 179 Å². The van der Waals surface area contributed by atoms with Crippen molar-refractivity contribution in [2.45, 2.75) is 26.9 Å². The van der Waals surface area contributed by atoms with Crippen LogP contribution >= 0.6 is 24.0 Å². The molecule has 0 unspecified atom stereocenters. The van der Waals surface area contributed by atoms with Gasteiger partial charge in [0.15, 0.2) is 5.96 Å². The number of halogens is 1. The molecule has 2 aromatic carbocycles. The van der Waals surface area contributed by atoms with Crippen molar-refractivity contribution >= 4 is 35.8 Å². The Morgan fingerprint density at radius 1 is 1.11 bits per heavy atom. The molecule has 6 heteroatoms. The fraction of sp³-hybridized carbons (Fsp3) is 0.333. The van der Waals surface area contributed by atoms with Crippen LogP contribution in [0.2, 0.25) is 0 Å². The quantitative estimate of drug-likeness (QED) is 0.378. The highest BCUT2D eigenvalue weighted by Crippen LogP contribution is 2.09. The van der Waals surface area contributed by atoms with Crippen LogP contribution < -0.4 is 10.6 Å². The van der Waals surface area contributed by atoms with Crippen molar-refractivity contribution in [2.75, 3.05) is 20.6 Å². The van der Waals surface area contributed by atoms with Crippen molar-refractivity contribution < 1.29 is 4.79 Å². The number of guanidine groups is 1. The molecule has 0 spiro atoms. The molecular weight excluding hydrogens is 451 g/mol. The van der Waals surface area contributed by atoms with Gasteiger partial charge in [0.1, 0.15) is 0 Å². The summed E-state index contributed by atoms with van der Waals surface area (Å²) in [6.45, 7) is 6.25. The van der Waals surface area contributed by atoms with E-state index >= 15 is 0 Å². The third-order valence-corrected chi connectivity index (χ3v) is 4.06. The van der Waals surface area contributed by atoms with Crippen LogP contribution in [0.5, 0.6) is 0 Å². The van der Waals surface area contributed by atoms with Gasteiger partial charge in [0.05, 0.1) is 6.54 Å². The first kappa shape index (κ1) is 23.0. The summed E-state index contributed by atoms with van der Waals surface area (Å²) in [4.78, 5) is 18.6. The second-order valence-electron chi connectivity index (χ2n) is 6.29. The summed E-state index contributed by atoms with van der Waals surface area (Å²) in [6, 6.07) is 16.1. The molecule has 27 heavy (non-hydrogen) atoms. The Bertz CT molecular complexity index is 759. The van der Waals surface area contributed by atoms with Crippen molar-refractivity contribution in [2.24, 2.45) is 4.99 Å². The smallest absolute Gasteiger partial charge is 0.251 e. The fourth-order valence-electron chi connectivity index (χ4n) is 2.63. The van der Waals surface area contributed by atoms with Gasteiger partial charge in [-0.05, 0) is 37.1 Å². The topological polar surface area (TPSA) is 56.7 Å². The number of nitrogens with one attached hydrogen (secondary N) is 2. The van der Waals surface area contributed by atoms with Gasteiger partial charge < -0.3 is 15.5 Å². The predicted octanol–water partition coefficient (Wildman–Crippen LogP) is 3.57. The van der Waals surface area contributed by atoms with E-state index < -0.39 is 0 Å². The molecule has 0 atom stereocenters. The van der Waals surface area contributed by atoms with E-state index in [1.165, 1.54) is 11.1 Å². The SMILES string of the molecule is CCNC(=NCc1cccc(C(=O)NC)c1)N(C)Cc1ccc(C)cc1.I. The van der Waals surface area contributed by atoms with E-state index in [9.17, 15) is 4.79 Å². The zero-order chi connectivity index (χ0) is 18.9. The fourth-order valence-corrected chi connectivity index (χ4v) is 2.63. The monoisotopic (exact) mass is 480 g/mol. The molecule has 0 saturated heterocycles. The maximum absolute atomic E-state index is 11.8. The standard InChI is InChI=1S/C21H28N4O.HI/c1-5-23-21(25(4)15-17-11-9-16(2)10-12-17)24-14-18-7-6-8-19(13-18)20(26)22-3;/h6-13H,5,14-15H2,1-4H3,(H,22,26)(H,23,24);1H. The Balaban J connectivity index is 0.00000364. The molecule has 0 saturated carbocycles. The van der Waals surface area contributed by atoms with Gasteiger partial charge in [-0.2, -0.15) is 0 Å². The van der Waals surface area contributed by atoms with Gasteiger partial charge in [-0.25, -0.2) is 4.99 Å². The second-order valence-corrected chi connectivity index (χ2v) is 6.29. The van der Waals surface area contributed by atoms with E-state index in [2.05, 4.69) is 53.6 Å². The van der Waals surface area contributed by atoms with Gasteiger partial charge in [-0.1, -0.05) is 42.0 Å². The minimum atomic E-state index is -0.0841. The number of amides is 1. The summed E-state index contributed by atoms with van der Waals surface area (Å²) < 4.78 is 0. The van der Waals surface area contributed by atoms with E-state index in [1.54, 1.807) is 13.1 Å². The van der Waals surface area contributed by atoms with Gasteiger partial charge in [0.2, 0.25) is 0 Å². The highest BCUT2D eigenvalue weighted by atomic mass is 127. The number of hydrogen-bond donors (Lipinski definition) is 2. The normalized spacial score (nSPS) is 10.7. The predicted molar refractivity (Wildman–Crippen MR) is 123 cm³/mol. The highest BCUT2D eigenvalue weighted by molar-refractivity contribution is 14.0. The summed E-state index contributed by atoms with van der Waals surface area (Å²) in [5.74, 6) is 0.762. The minimum Gasteiger partial charge on any atom is -0.357 e. The Morgan fingerprint density at radius 3 is 2.44 bits per heavy atom. The van der Waals surface area contributed by atoms with Crippen molar-refractivity contribution in [3.63, 3.8) is 0 Å². The molecule has 0 aliphatic heterocycles. The first-order chi connectivity index (χ1) is 12.5. The van der Waals surface area contributed by atoms with Crippen LogP contribution in [-0.4, -0.2) is 37.4 Å². The largest absolute Gasteiger partial charge is 0.357 e. The molecular formula is C21H29IN4O. The minimum absolute atomic E-state index is 0. The zero-order valence-corrected chi connectivity index (χ0v) is 18.8. The number of benzene rings is 2. The first-order valence-electron chi connectivity index (χ1n) is 8.89. The lowest BCUT2D eigenvalue weighted by molar-refractivity contribution is 0.0963. The van der Waals surface area contributed by atoms with Crippen LogP contribution in [0.25, 0.3) is 0 Å². The van der Waals surface area contributed by atoms with Crippen LogP contribution in [0.15, 0.2) is 53.5 Å². The van der Waals surface area contributed by atoms with Gasteiger partial charge in [-0.15, -0.1) is 24.0 Å². The van der Waals surface area contributed by atoms with Gasteiger partial charge >= 0.3 is 0 Å².